The number of carbonyl (C=O) groups is 1. The molecule has 0 unspecified atom stereocenters. The average Bonchev–Trinajstić information content (AvgIpc) is 2.96. The quantitative estimate of drug-likeness (QED) is 0.824. The lowest BCUT2D eigenvalue weighted by Gasteiger charge is -2.27. The van der Waals surface area contributed by atoms with Gasteiger partial charge in [-0.05, 0) is 62.5 Å². The number of rotatable bonds is 5. The van der Waals surface area contributed by atoms with Crippen LogP contribution < -0.4 is 0 Å². The largest absolute Gasteiger partial charge is 0.337 e. The first-order valence-corrected chi connectivity index (χ1v) is 8.83. The highest BCUT2D eigenvalue weighted by Gasteiger charge is 2.29. The van der Waals surface area contributed by atoms with E-state index in [1.54, 1.807) is 0 Å². The van der Waals surface area contributed by atoms with E-state index in [1.165, 1.54) is 17.5 Å². The Morgan fingerprint density at radius 2 is 2.04 bits per heavy atom. The second kappa shape index (κ2) is 7.04. The summed E-state index contributed by atoms with van der Waals surface area (Å²) in [5, 5.41) is 0. The molecule has 1 aromatic carbocycles. The lowest BCUT2D eigenvalue weighted by molar-refractivity contribution is 0.0783. The number of nitrogens with zero attached hydrogens (tertiary/aromatic N) is 2. The van der Waals surface area contributed by atoms with Crippen molar-refractivity contribution in [3.63, 3.8) is 0 Å². The fourth-order valence-electron chi connectivity index (χ4n) is 3.85. The van der Waals surface area contributed by atoms with E-state index < -0.39 is 0 Å². The number of amides is 1. The van der Waals surface area contributed by atoms with Crippen LogP contribution in [0, 0.1) is 6.92 Å². The van der Waals surface area contributed by atoms with Crippen molar-refractivity contribution in [1.29, 1.82) is 0 Å². The Morgan fingerprint density at radius 3 is 2.57 bits per heavy atom. The SMILES string of the molecule is CCCC(C)(C)c1ccc(C(=O)N2CC[C@H](N(C)C)C2)cc1C. The Bertz CT molecular complexity index is 563. The number of likely N-dealkylation sites (tertiary alicyclic amines) is 1. The van der Waals surface area contributed by atoms with Crippen molar-refractivity contribution in [2.24, 2.45) is 0 Å². The van der Waals surface area contributed by atoms with Crippen LogP contribution in [-0.2, 0) is 5.41 Å². The Morgan fingerprint density at radius 1 is 1.35 bits per heavy atom. The van der Waals surface area contributed by atoms with Gasteiger partial charge >= 0.3 is 0 Å². The minimum absolute atomic E-state index is 0.171. The number of likely N-dealkylation sites (N-methyl/N-ethyl adjacent to an activating group) is 1. The van der Waals surface area contributed by atoms with Crippen LogP contribution in [0.15, 0.2) is 18.2 Å². The van der Waals surface area contributed by atoms with Crippen LogP contribution >= 0.6 is 0 Å². The van der Waals surface area contributed by atoms with Gasteiger partial charge in [-0.25, -0.2) is 0 Å². The summed E-state index contributed by atoms with van der Waals surface area (Å²) in [7, 11) is 4.18. The van der Waals surface area contributed by atoms with E-state index in [2.05, 4.69) is 58.8 Å². The van der Waals surface area contributed by atoms with Gasteiger partial charge in [-0.15, -0.1) is 0 Å². The summed E-state index contributed by atoms with van der Waals surface area (Å²) in [6.45, 7) is 10.7. The van der Waals surface area contributed by atoms with E-state index in [0.717, 1.165) is 31.5 Å². The van der Waals surface area contributed by atoms with Gasteiger partial charge in [0.05, 0.1) is 0 Å². The van der Waals surface area contributed by atoms with Crippen LogP contribution in [-0.4, -0.2) is 48.9 Å². The number of aryl methyl sites for hydroxylation is 1. The maximum Gasteiger partial charge on any atom is 0.253 e. The maximum absolute atomic E-state index is 12.8. The molecule has 0 N–H and O–H groups in total. The zero-order chi connectivity index (χ0) is 17.2. The molecule has 1 aliphatic heterocycles. The molecular weight excluding hydrogens is 284 g/mol. The zero-order valence-electron chi connectivity index (χ0n) is 15.6. The molecule has 3 heteroatoms. The first-order chi connectivity index (χ1) is 10.8. The molecular formula is C20H32N2O. The van der Waals surface area contributed by atoms with Crippen LogP contribution in [0.2, 0.25) is 0 Å². The molecule has 2 rings (SSSR count). The molecule has 1 saturated heterocycles. The summed E-state index contributed by atoms with van der Waals surface area (Å²) in [5.74, 6) is 0.178. The smallest absolute Gasteiger partial charge is 0.253 e. The van der Waals surface area contributed by atoms with Gasteiger partial charge in [0.2, 0.25) is 0 Å². The van der Waals surface area contributed by atoms with E-state index in [9.17, 15) is 4.79 Å². The van der Waals surface area contributed by atoms with Crippen LogP contribution in [0.5, 0.6) is 0 Å². The molecule has 1 heterocycles. The predicted octanol–water partition coefficient (Wildman–Crippen LogP) is 3.85. The molecule has 0 radical (unpaired) electrons. The molecule has 23 heavy (non-hydrogen) atoms. The Hall–Kier alpha value is -1.35. The van der Waals surface area contributed by atoms with E-state index in [-0.39, 0.29) is 11.3 Å². The van der Waals surface area contributed by atoms with Gasteiger partial charge in [-0.1, -0.05) is 33.3 Å². The first-order valence-electron chi connectivity index (χ1n) is 8.83. The molecule has 0 saturated carbocycles. The van der Waals surface area contributed by atoms with Crippen LogP contribution in [0.1, 0.15) is 61.5 Å². The van der Waals surface area contributed by atoms with Crippen LogP contribution in [0.25, 0.3) is 0 Å². The fraction of sp³-hybridized carbons (Fsp3) is 0.650. The summed E-state index contributed by atoms with van der Waals surface area (Å²) in [6, 6.07) is 6.75. The molecule has 1 fully saturated rings. The summed E-state index contributed by atoms with van der Waals surface area (Å²) >= 11 is 0. The molecule has 1 aliphatic rings. The van der Waals surface area contributed by atoms with E-state index in [4.69, 9.17) is 0 Å². The monoisotopic (exact) mass is 316 g/mol. The van der Waals surface area contributed by atoms with Crippen molar-refractivity contribution >= 4 is 5.91 Å². The second-order valence-corrected chi connectivity index (χ2v) is 7.82. The zero-order valence-corrected chi connectivity index (χ0v) is 15.6. The van der Waals surface area contributed by atoms with Gasteiger partial charge in [-0.2, -0.15) is 0 Å². The van der Waals surface area contributed by atoms with Crippen molar-refractivity contribution in [1.82, 2.24) is 9.80 Å². The Balaban J connectivity index is 2.16. The summed E-state index contributed by atoms with van der Waals surface area (Å²) in [6.07, 6.45) is 3.41. The van der Waals surface area contributed by atoms with Crippen LogP contribution in [0.4, 0.5) is 0 Å². The molecule has 0 bridgehead atoms. The fourth-order valence-corrected chi connectivity index (χ4v) is 3.85. The third kappa shape index (κ3) is 3.95. The first kappa shape index (κ1) is 18.0. The van der Waals surface area contributed by atoms with Crippen molar-refractivity contribution in [2.45, 2.75) is 58.4 Å². The molecule has 0 aliphatic carbocycles. The molecule has 1 amide bonds. The maximum atomic E-state index is 12.8. The van der Waals surface area contributed by atoms with Crippen molar-refractivity contribution in [3.05, 3.63) is 34.9 Å². The third-order valence-electron chi connectivity index (χ3n) is 5.26. The average molecular weight is 316 g/mol. The van der Waals surface area contributed by atoms with Gasteiger partial charge in [0.15, 0.2) is 0 Å². The highest BCUT2D eigenvalue weighted by atomic mass is 16.2. The van der Waals surface area contributed by atoms with Crippen molar-refractivity contribution in [2.75, 3.05) is 27.2 Å². The van der Waals surface area contributed by atoms with Gasteiger partial charge in [0.1, 0.15) is 0 Å². The minimum Gasteiger partial charge on any atom is -0.337 e. The summed E-state index contributed by atoms with van der Waals surface area (Å²) in [4.78, 5) is 17.0. The topological polar surface area (TPSA) is 23.6 Å². The Labute approximate surface area is 141 Å². The van der Waals surface area contributed by atoms with Gasteiger partial charge < -0.3 is 9.80 Å². The number of carbonyl (C=O) groups excluding carboxylic acids is 1. The van der Waals surface area contributed by atoms with Crippen molar-refractivity contribution < 1.29 is 4.79 Å². The normalized spacial score (nSPS) is 18.7. The van der Waals surface area contributed by atoms with Crippen molar-refractivity contribution in [3.8, 4) is 0 Å². The molecule has 0 aromatic heterocycles. The van der Waals surface area contributed by atoms with Gasteiger partial charge in [-0.3, -0.25) is 4.79 Å². The molecule has 1 aromatic rings. The lowest BCUT2D eigenvalue weighted by atomic mass is 9.78. The van der Waals surface area contributed by atoms with Gasteiger partial charge in [0.25, 0.3) is 5.91 Å². The highest BCUT2D eigenvalue weighted by Crippen LogP contribution is 2.31. The standard InChI is InChI=1S/C20H32N2O/c1-7-11-20(3,4)18-9-8-16(13-15(18)2)19(23)22-12-10-17(14-22)21(5)6/h8-9,13,17H,7,10-12,14H2,1-6H3/t17-/m0/s1. The predicted molar refractivity (Wildman–Crippen MR) is 97.1 cm³/mol. The Kier molecular flexibility index (Phi) is 5.51. The highest BCUT2D eigenvalue weighted by molar-refractivity contribution is 5.94. The van der Waals surface area contributed by atoms with Gasteiger partial charge in [0, 0.05) is 24.7 Å². The van der Waals surface area contributed by atoms with E-state index in [0.29, 0.717) is 6.04 Å². The van der Waals surface area contributed by atoms with Crippen LogP contribution in [0.3, 0.4) is 0 Å². The molecule has 128 valence electrons. The summed E-state index contributed by atoms with van der Waals surface area (Å²) < 4.78 is 0. The molecule has 0 spiro atoms. The number of hydrogen-bond donors (Lipinski definition) is 0. The number of benzene rings is 1. The van der Waals surface area contributed by atoms with E-state index in [1.807, 2.05) is 11.0 Å². The lowest BCUT2D eigenvalue weighted by Crippen LogP contribution is -2.34. The molecule has 1 atom stereocenters. The summed E-state index contributed by atoms with van der Waals surface area (Å²) in [5.41, 5.74) is 3.60. The number of hydrogen-bond acceptors (Lipinski definition) is 2. The minimum atomic E-state index is 0.171. The second-order valence-electron chi connectivity index (χ2n) is 7.82. The molecule has 3 nitrogen and oxygen atoms in total. The third-order valence-corrected chi connectivity index (χ3v) is 5.26. The van der Waals surface area contributed by atoms with E-state index >= 15 is 0 Å².